The van der Waals surface area contributed by atoms with E-state index in [4.69, 9.17) is 23.2 Å². The van der Waals surface area contributed by atoms with E-state index in [0.717, 1.165) is 18.7 Å². The molecular weight excluding hydrogens is 278 g/mol. The quantitative estimate of drug-likeness (QED) is 0.928. The lowest BCUT2D eigenvalue weighted by Gasteiger charge is -2.20. The van der Waals surface area contributed by atoms with Gasteiger partial charge in [-0.15, -0.1) is 0 Å². The molecule has 0 radical (unpaired) electrons. The summed E-state index contributed by atoms with van der Waals surface area (Å²) in [5.41, 5.74) is 0.394. The molecule has 1 aliphatic rings. The molecule has 1 aromatic rings. The molecule has 0 bridgehead atoms. The van der Waals surface area contributed by atoms with Gasteiger partial charge in [0.1, 0.15) is 5.82 Å². The minimum Gasteiger partial charge on any atom is -0.308 e. The Balaban J connectivity index is 2.31. The fraction of sp³-hybridized carbons (Fsp3) is 0.417. The van der Waals surface area contributed by atoms with Crippen molar-refractivity contribution in [2.24, 2.45) is 0 Å². The van der Waals surface area contributed by atoms with E-state index in [2.05, 4.69) is 5.32 Å². The molecule has 1 fully saturated rings. The zero-order valence-electron chi connectivity index (χ0n) is 9.84. The largest absolute Gasteiger partial charge is 0.308 e. The number of amides is 1. The monoisotopic (exact) mass is 290 g/mol. The molecule has 3 nitrogen and oxygen atoms in total. The van der Waals surface area contributed by atoms with Gasteiger partial charge in [-0.05, 0) is 25.1 Å². The molecule has 1 unspecified atom stereocenters. The summed E-state index contributed by atoms with van der Waals surface area (Å²) >= 11 is 11.9. The average molecular weight is 291 g/mol. The van der Waals surface area contributed by atoms with Gasteiger partial charge >= 0.3 is 0 Å². The van der Waals surface area contributed by atoms with Crippen LogP contribution in [0.4, 0.5) is 10.1 Å². The number of likely N-dealkylation sites (N-methyl/N-ethyl adjacent to an activating group) is 1. The lowest BCUT2D eigenvalue weighted by atomic mass is 10.2. The summed E-state index contributed by atoms with van der Waals surface area (Å²) < 4.78 is 13.1. The summed E-state index contributed by atoms with van der Waals surface area (Å²) in [6.45, 7) is 3.19. The number of hydrogen-bond donors (Lipinski definition) is 1. The fourth-order valence-electron chi connectivity index (χ4n) is 2.13. The Morgan fingerprint density at radius 2 is 2.06 bits per heavy atom. The van der Waals surface area contributed by atoms with Crippen molar-refractivity contribution in [2.75, 3.05) is 18.0 Å². The van der Waals surface area contributed by atoms with Crippen molar-refractivity contribution in [2.45, 2.75) is 19.4 Å². The smallest absolute Gasteiger partial charge is 0.244 e. The van der Waals surface area contributed by atoms with Crippen LogP contribution in [0.15, 0.2) is 12.1 Å². The zero-order chi connectivity index (χ0) is 13.3. The minimum absolute atomic E-state index is 0.0766. The van der Waals surface area contributed by atoms with E-state index in [1.807, 2.05) is 6.92 Å². The predicted octanol–water partition coefficient (Wildman–Crippen LogP) is 2.85. The summed E-state index contributed by atoms with van der Waals surface area (Å²) in [4.78, 5) is 13.6. The molecule has 98 valence electrons. The number of rotatable bonds is 3. The number of hydrogen-bond acceptors (Lipinski definition) is 2. The second-order valence-corrected chi connectivity index (χ2v) is 4.92. The number of nitrogens with one attached hydrogen (secondary N) is 1. The normalized spacial score (nSPS) is 19.7. The van der Waals surface area contributed by atoms with Gasteiger partial charge in [0.05, 0.1) is 21.8 Å². The minimum atomic E-state index is -0.511. The molecule has 18 heavy (non-hydrogen) atoms. The van der Waals surface area contributed by atoms with Crippen LogP contribution >= 0.6 is 23.2 Å². The van der Waals surface area contributed by atoms with Gasteiger partial charge in [0.25, 0.3) is 0 Å². The van der Waals surface area contributed by atoms with Crippen LogP contribution in [0.25, 0.3) is 0 Å². The predicted molar refractivity (Wildman–Crippen MR) is 70.9 cm³/mol. The van der Waals surface area contributed by atoms with E-state index in [1.54, 1.807) is 0 Å². The Morgan fingerprint density at radius 3 is 2.61 bits per heavy atom. The van der Waals surface area contributed by atoms with E-state index in [9.17, 15) is 9.18 Å². The summed E-state index contributed by atoms with van der Waals surface area (Å²) in [5, 5.41) is 3.41. The SMILES string of the molecule is CCNC1CCN(c2c(Cl)cc(F)cc2Cl)C1=O. The molecule has 6 heteroatoms. The Kier molecular flexibility index (Phi) is 4.10. The third-order valence-corrected chi connectivity index (χ3v) is 3.48. The maximum atomic E-state index is 13.1. The third kappa shape index (κ3) is 2.46. The molecule has 1 saturated heterocycles. The van der Waals surface area contributed by atoms with E-state index < -0.39 is 5.82 Å². The molecule has 1 heterocycles. The van der Waals surface area contributed by atoms with Crippen molar-refractivity contribution in [1.82, 2.24) is 5.32 Å². The van der Waals surface area contributed by atoms with Crippen molar-refractivity contribution in [1.29, 1.82) is 0 Å². The van der Waals surface area contributed by atoms with Crippen LogP contribution in [0.3, 0.4) is 0 Å². The molecular formula is C12H13Cl2FN2O. The molecule has 2 rings (SSSR count). The summed E-state index contributed by atoms with van der Waals surface area (Å²) in [7, 11) is 0. The highest BCUT2D eigenvalue weighted by Crippen LogP contribution is 2.36. The number of benzene rings is 1. The number of carbonyl (C=O) groups excluding carboxylic acids is 1. The fourth-order valence-corrected chi connectivity index (χ4v) is 2.79. The van der Waals surface area contributed by atoms with Gasteiger partial charge in [0, 0.05) is 6.54 Å². The molecule has 0 aliphatic carbocycles. The van der Waals surface area contributed by atoms with Gasteiger partial charge in [0.15, 0.2) is 0 Å². The van der Waals surface area contributed by atoms with Crippen molar-refractivity contribution in [3.63, 3.8) is 0 Å². The molecule has 0 saturated carbocycles. The summed E-state index contributed by atoms with van der Waals surface area (Å²) in [5.74, 6) is -0.587. The first-order valence-corrected chi connectivity index (χ1v) is 6.49. The topological polar surface area (TPSA) is 32.3 Å². The summed E-state index contributed by atoms with van der Waals surface area (Å²) in [6, 6.07) is 2.11. The van der Waals surface area contributed by atoms with Gasteiger partial charge in [-0.2, -0.15) is 0 Å². The van der Waals surface area contributed by atoms with E-state index in [-0.39, 0.29) is 22.0 Å². The van der Waals surface area contributed by atoms with Crippen molar-refractivity contribution in [3.05, 3.63) is 28.0 Å². The number of nitrogens with zero attached hydrogens (tertiary/aromatic N) is 1. The zero-order valence-corrected chi connectivity index (χ0v) is 11.4. The highest BCUT2D eigenvalue weighted by atomic mass is 35.5. The Hall–Kier alpha value is -0.840. The van der Waals surface area contributed by atoms with Crippen molar-refractivity contribution < 1.29 is 9.18 Å². The Labute approximate surface area is 115 Å². The van der Waals surface area contributed by atoms with Crippen LogP contribution in [0.1, 0.15) is 13.3 Å². The van der Waals surface area contributed by atoms with Gasteiger partial charge in [0.2, 0.25) is 5.91 Å². The van der Waals surface area contributed by atoms with Crippen molar-refractivity contribution >= 4 is 34.8 Å². The van der Waals surface area contributed by atoms with Gasteiger partial charge in [-0.25, -0.2) is 4.39 Å². The number of carbonyl (C=O) groups is 1. The average Bonchev–Trinajstić information content (AvgIpc) is 2.61. The van der Waals surface area contributed by atoms with Gasteiger partial charge in [-0.1, -0.05) is 30.1 Å². The highest BCUT2D eigenvalue weighted by molar-refractivity contribution is 6.40. The van der Waals surface area contributed by atoms with Gasteiger partial charge < -0.3 is 10.2 Å². The molecule has 1 atom stereocenters. The number of halogens is 3. The second-order valence-electron chi connectivity index (χ2n) is 4.11. The first kappa shape index (κ1) is 13.6. The maximum Gasteiger partial charge on any atom is 0.244 e. The van der Waals surface area contributed by atoms with E-state index in [0.29, 0.717) is 18.7 Å². The number of anilines is 1. The van der Waals surface area contributed by atoms with Crippen LogP contribution in [-0.4, -0.2) is 25.0 Å². The van der Waals surface area contributed by atoms with Crippen LogP contribution in [0.5, 0.6) is 0 Å². The van der Waals surface area contributed by atoms with E-state index >= 15 is 0 Å². The van der Waals surface area contributed by atoms with Crippen LogP contribution < -0.4 is 10.2 Å². The van der Waals surface area contributed by atoms with Crippen molar-refractivity contribution in [3.8, 4) is 0 Å². The lowest BCUT2D eigenvalue weighted by Crippen LogP contribution is -2.38. The molecule has 1 aromatic carbocycles. The first-order chi connectivity index (χ1) is 8.54. The second kappa shape index (κ2) is 5.43. The Bertz CT molecular complexity index is 458. The molecule has 1 N–H and O–H groups in total. The van der Waals surface area contributed by atoms with Crippen LogP contribution in [0.2, 0.25) is 10.0 Å². The molecule has 1 amide bonds. The highest BCUT2D eigenvalue weighted by Gasteiger charge is 2.34. The van der Waals surface area contributed by atoms with E-state index in [1.165, 1.54) is 4.90 Å². The van der Waals surface area contributed by atoms with Gasteiger partial charge in [-0.3, -0.25) is 4.79 Å². The molecule has 0 aromatic heterocycles. The third-order valence-electron chi connectivity index (χ3n) is 2.91. The Morgan fingerprint density at radius 1 is 1.44 bits per heavy atom. The van der Waals surface area contributed by atoms with Crippen LogP contribution in [-0.2, 0) is 4.79 Å². The molecule has 0 spiro atoms. The lowest BCUT2D eigenvalue weighted by molar-refractivity contribution is -0.118. The standard InChI is InChI=1S/C12H13Cl2FN2O/c1-2-16-10-3-4-17(12(10)18)11-8(13)5-7(15)6-9(11)14/h5-6,10,16H,2-4H2,1H3. The van der Waals surface area contributed by atoms with Crippen LogP contribution in [0, 0.1) is 5.82 Å². The summed E-state index contributed by atoms with van der Waals surface area (Å²) in [6.07, 6.45) is 0.691. The molecule has 1 aliphatic heterocycles. The first-order valence-electron chi connectivity index (χ1n) is 5.74. The maximum absolute atomic E-state index is 13.1.